The van der Waals surface area contributed by atoms with E-state index >= 15 is 0 Å². The van der Waals surface area contributed by atoms with E-state index in [9.17, 15) is 13.2 Å². The van der Waals surface area contributed by atoms with Crippen LogP contribution in [0.3, 0.4) is 0 Å². The Bertz CT molecular complexity index is 677. The van der Waals surface area contributed by atoms with Crippen molar-refractivity contribution in [1.29, 1.82) is 5.26 Å². The summed E-state index contributed by atoms with van der Waals surface area (Å²) in [4.78, 5) is 0. The van der Waals surface area contributed by atoms with Gasteiger partial charge in [0.05, 0.1) is 6.20 Å². The van der Waals surface area contributed by atoms with E-state index in [2.05, 4.69) is 10.2 Å². The zero-order valence-corrected chi connectivity index (χ0v) is 10.2. The highest BCUT2D eigenvalue weighted by Gasteiger charge is 2.39. The van der Waals surface area contributed by atoms with Crippen molar-refractivity contribution in [3.8, 4) is 11.9 Å². The van der Waals surface area contributed by atoms with E-state index in [0.29, 0.717) is 4.68 Å². The Balaban J connectivity index is 2.66. The summed E-state index contributed by atoms with van der Waals surface area (Å²) in [7, 11) is 1.10. The van der Waals surface area contributed by atoms with Crippen molar-refractivity contribution in [2.45, 2.75) is 6.18 Å². The summed E-state index contributed by atoms with van der Waals surface area (Å²) in [6.45, 7) is 0. The van der Waals surface area contributed by atoms with Crippen LogP contribution in [0.4, 0.5) is 19.0 Å². The lowest BCUT2D eigenvalue weighted by atomic mass is 10.3. The number of alkyl halides is 3. The number of halogens is 4. The standard InChI is InChI=1S/C9H6ClF3N6/c1-18-6(9(11,12)13)5(10)8(17-18)19-7(15)4(2-14)3-16-19/h3H,15H2,1H3. The molecule has 2 aromatic rings. The number of nitrogen functional groups attached to an aromatic ring is 1. The number of hydrogen-bond acceptors (Lipinski definition) is 4. The molecule has 0 aromatic carbocycles. The minimum Gasteiger partial charge on any atom is -0.382 e. The maximum absolute atomic E-state index is 12.8. The van der Waals surface area contributed by atoms with Gasteiger partial charge in [0, 0.05) is 7.05 Å². The number of aromatic nitrogens is 4. The highest BCUT2D eigenvalue weighted by molar-refractivity contribution is 6.33. The van der Waals surface area contributed by atoms with E-state index in [1.54, 1.807) is 6.07 Å². The lowest BCUT2D eigenvalue weighted by Crippen LogP contribution is -2.12. The van der Waals surface area contributed by atoms with Crippen LogP contribution in [-0.4, -0.2) is 19.6 Å². The molecule has 0 spiro atoms. The van der Waals surface area contributed by atoms with Crippen LogP contribution in [-0.2, 0) is 13.2 Å². The second kappa shape index (κ2) is 4.17. The first-order valence-corrected chi connectivity index (χ1v) is 5.18. The Labute approximate surface area is 109 Å². The summed E-state index contributed by atoms with van der Waals surface area (Å²) in [6, 6.07) is 1.75. The van der Waals surface area contributed by atoms with Gasteiger partial charge >= 0.3 is 6.18 Å². The first-order chi connectivity index (χ1) is 8.77. The fraction of sp³-hybridized carbons (Fsp3) is 0.222. The van der Waals surface area contributed by atoms with Gasteiger partial charge in [-0.3, -0.25) is 4.68 Å². The summed E-state index contributed by atoms with van der Waals surface area (Å²) < 4.78 is 39.7. The molecule has 0 aliphatic heterocycles. The summed E-state index contributed by atoms with van der Waals surface area (Å²) in [5.74, 6) is -0.410. The van der Waals surface area contributed by atoms with Crippen molar-refractivity contribution in [1.82, 2.24) is 19.6 Å². The van der Waals surface area contributed by atoms with Crippen LogP contribution in [0.25, 0.3) is 5.82 Å². The van der Waals surface area contributed by atoms with Gasteiger partial charge in [0.1, 0.15) is 22.5 Å². The lowest BCUT2D eigenvalue weighted by molar-refractivity contribution is -0.143. The molecule has 0 bridgehead atoms. The van der Waals surface area contributed by atoms with Gasteiger partial charge in [-0.25, -0.2) is 0 Å². The van der Waals surface area contributed by atoms with Crippen LogP contribution >= 0.6 is 11.6 Å². The third kappa shape index (κ3) is 2.00. The van der Waals surface area contributed by atoms with E-state index in [1.807, 2.05) is 0 Å². The molecule has 2 rings (SSSR count). The van der Waals surface area contributed by atoms with Gasteiger partial charge in [0.15, 0.2) is 11.5 Å². The predicted molar refractivity (Wildman–Crippen MR) is 59.5 cm³/mol. The normalized spacial score (nSPS) is 11.6. The highest BCUT2D eigenvalue weighted by atomic mass is 35.5. The van der Waals surface area contributed by atoms with Crippen LogP contribution in [0.2, 0.25) is 5.02 Å². The Hall–Kier alpha value is -2.21. The van der Waals surface area contributed by atoms with Crippen LogP contribution < -0.4 is 5.73 Å². The molecular formula is C9H6ClF3N6. The smallest absolute Gasteiger partial charge is 0.382 e. The Morgan fingerprint density at radius 2 is 2.11 bits per heavy atom. The number of anilines is 1. The molecule has 2 aromatic heterocycles. The molecule has 0 atom stereocenters. The minimum atomic E-state index is -4.66. The van der Waals surface area contributed by atoms with Gasteiger partial charge in [-0.1, -0.05) is 11.6 Å². The number of hydrogen-bond donors (Lipinski definition) is 1. The summed E-state index contributed by atoms with van der Waals surface area (Å²) in [5, 5.41) is 15.4. The van der Waals surface area contributed by atoms with Crippen molar-refractivity contribution in [2.24, 2.45) is 7.05 Å². The molecule has 0 amide bonds. The number of nitrogens with two attached hydrogens (primary N) is 1. The van der Waals surface area contributed by atoms with Crippen LogP contribution in [0.1, 0.15) is 11.3 Å². The van der Waals surface area contributed by atoms with Crippen LogP contribution in [0, 0.1) is 11.3 Å². The fourth-order valence-corrected chi connectivity index (χ4v) is 1.89. The third-order valence-electron chi connectivity index (χ3n) is 2.37. The molecule has 2 heterocycles. The zero-order chi connectivity index (χ0) is 14.4. The van der Waals surface area contributed by atoms with E-state index in [1.165, 1.54) is 0 Å². The predicted octanol–water partition coefficient (Wildman–Crippen LogP) is 1.73. The molecule has 0 aliphatic carbocycles. The number of aryl methyl sites for hydroxylation is 1. The van der Waals surface area contributed by atoms with Crippen molar-refractivity contribution >= 4 is 17.4 Å². The molecular weight excluding hydrogens is 285 g/mol. The average Bonchev–Trinajstić information content (AvgIpc) is 2.78. The number of nitrogens with zero attached hydrogens (tertiary/aromatic N) is 5. The van der Waals surface area contributed by atoms with Crippen LogP contribution in [0.5, 0.6) is 0 Å². The molecule has 6 nitrogen and oxygen atoms in total. The van der Waals surface area contributed by atoms with Crippen molar-refractivity contribution in [3.63, 3.8) is 0 Å². The van der Waals surface area contributed by atoms with Gasteiger partial charge in [-0.2, -0.15) is 33.3 Å². The molecule has 0 aliphatic rings. The van der Waals surface area contributed by atoms with Crippen molar-refractivity contribution < 1.29 is 13.2 Å². The largest absolute Gasteiger partial charge is 0.434 e. The SMILES string of the molecule is Cn1nc(-n2ncc(C#N)c2N)c(Cl)c1C(F)(F)F. The fourth-order valence-electron chi connectivity index (χ4n) is 1.54. The van der Waals surface area contributed by atoms with Crippen molar-refractivity contribution in [2.75, 3.05) is 5.73 Å². The molecule has 0 saturated carbocycles. The van der Waals surface area contributed by atoms with Crippen LogP contribution in [0.15, 0.2) is 6.20 Å². The minimum absolute atomic E-state index is 0.0234. The van der Waals surface area contributed by atoms with E-state index in [-0.39, 0.29) is 17.2 Å². The van der Waals surface area contributed by atoms with E-state index in [4.69, 9.17) is 22.6 Å². The maximum Gasteiger partial charge on any atom is 0.434 e. The van der Waals surface area contributed by atoms with Gasteiger partial charge in [0.2, 0.25) is 0 Å². The molecule has 2 N–H and O–H groups in total. The van der Waals surface area contributed by atoms with Crippen molar-refractivity contribution in [3.05, 3.63) is 22.5 Å². The Kier molecular flexibility index (Phi) is 2.90. The van der Waals surface area contributed by atoms with Gasteiger partial charge < -0.3 is 5.73 Å². The van der Waals surface area contributed by atoms with Gasteiger partial charge in [0.25, 0.3) is 0 Å². The Morgan fingerprint density at radius 3 is 2.53 bits per heavy atom. The third-order valence-corrected chi connectivity index (χ3v) is 2.72. The first kappa shape index (κ1) is 13.2. The highest BCUT2D eigenvalue weighted by Crippen LogP contribution is 2.37. The topological polar surface area (TPSA) is 85.5 Å². The van der Waals surface area contributed by atoms with Gasteiger partial charge in [-0.15, -0.1) is 0 Å². The lowest BCUT2D eigenvalue weighted by Gasteiger charge is -2.06. The Morgan fingerprint density at radius 1 is 1.47 bits per heavy atom. The summed E-state index contributed by atoms with van der Waals surface area (Å²) in [6.07, 6.45) is -3.54. The summed E-state index contributed by atoms with van der Waals surface area (Å²) in [5.41, 5.74) is 4.48. The van der Waals surface area contributed by atoms with E-state index in [0.717, 1.165) is 17.9 Å². The van der Waals surface area contributed by atoms with Gasteiger partial charge in [-0.05, 0) is 0 Å². The summed E-state index contributed by atoms with van der Waals surface area (Å²) >= 11 is 5.67. The first-order valence-electron chi connectivity index (χ1n) is 4.81. The molecule has 100 valence electrons. The number of nitriles is 1. The monoisotopic (exact) mass is 290 g/mol. The molecule has 0 unspecified atom stereocenters. The molecule has 10 heteroatoms. The molecule has 19 heavy (non-hydrogen) atoms. The average molecular weight is 291 g/mol. The second-order valence-electron chi connectivity index (χ2n) is 3.57. The van der Waals surface area contributed by atoms with E-state index < -0.39 is 16.9 Å². The second-order valence-corrected chi connectivity index (χ2v) is 3.95. The quantitative estimate of drug-likeness (QED) is 0.866. The molecule has 0 saturated heterocycles. The zero-order valence-electron chi connectivity index (χ0n) is 9.40. The molecule has 0 radical (unpaired) electrons. The molecule has 0 fully saturated rings. The number of rotatable bonds is 1. The maximum atomic E-state index is 12.8.